The fourth-order valence-corrected chi connectivity index (χ4v) is 2.42. The van der Waals surface area contributed by atoms with E-state index in [0.29, 0.717) is 5.56 Å². The molecule has 0 amide bonds. The third kappa shape index (κ3) is 2.75. The van der Waals surface area contributed by atoms with Crippen LogP contribution in [0, 0.1) is 22.0 Å². The Morgan fingerprint density at radius 3 is 2.72 bits per heavy atom. The summed E-state index contributed by atoms with van der Waals surface area (Å²) >= 11 is 5.77. The zero-order chi connectivity index (χ0) is 13.3. The fraction of sp³-hybridized carbons (Fsp3) is 0.538. The van der Waals surface area contributed by atoms with Gasteiger partial charge >= 0.3 is 0 Å². The standard InChI is InChI=1S/C13H17ClN2O2/c1-9-5-11(9)8-15(2)12-3-4-13(16(17)18)10(6-12)7-14/h3-4,6,9,11H,5,7-8H2,1-2H3. The van der Waals surface area contributed by atoms with Crippen LogP contribution in [-0.4, -0.2) is 18.5 Å². The van der Waals surface area contributed by atoms with Gasteiger partial charge in [0, 0.05) is 30.9 Å². The van der Waals surface area contributed by atoms with E-state index in [4.69, 9.17) is 11.6 Å². The monoisotopic (exact) mass is 268 g/mol. The molecule has 1 fully saturated rings. The average molecular weight is 269 g/mol. The molecule has 1 saturated carbocycles. The Morgan fingerprint density at radius 1 is 1.56 bits per heavy atom. The van der Waals surface area contributed by atoms with E-state index in [1.165, 1.54) is 6.42 Å². The summed E-state index contributed by atoms with van der Waals surface area (Å²) in [6, 6.07) is 5.15. The molecular weight excluding hydrogens is 252 g/mol. The minimum Gasteiger partial charge on any atom is -0.374 e. The maximum Gasteiger partial charge on any atom is 0.273 e. The van der Waals surface area contributed by atoms with Gasteiger partial charge in [-0.25, -0.2) is 0 Å². The molecule has 0 radical (unpaired) electrons. The van der Waals surface area contributed by atoms with Crippen molar-refractivity contribution in [1.82, 2.24) is 0 Å². The van der Waals surface area contributed by atoms with Gasteiger partial charge in [-0.1, -0.05) is 6.92 Å². The SMILES string of the molecule is CC1CC1CN(C)c1ccc([N+](=O)[O-])c(CCl)c1. The summed E-state index contributed by atoms with van der Waals surface area (Å²) in [5, 5.41) is 10.8. The summed E-state index contributed by atoms with van der Waals surface area (Å²) in [5.41, 5.74) is 1.67. The van der Waals surface area contributed by atoms with Crippen molar-refractivity contribution in [1.29, 1.82) is 0 Å². The first kappa shape index (κ1) is 13.1. The second kappa shape index (κ2) is 5.14. The van der Waals surface area contributed by atoms with Crippen LogP contribution >= 0.6 is 11.6 Å². The molecule has 0 aromatic heterocycles. The van der Waals surface area contributed by atoms with Crippen molar-refractivity contribution < 1.29 is 4.92 Å². The van der Waals surface area contributed by atoms with Gasteiger partial charge in [-0.3, -0.25) is 10.1 Å². The van der Waals surface area contributed by atoms with Crippen LogP contribution in [0.15, 0.2) is 18.2 Å². The highest BCUT2D eigenvalue weighted by Gasteiger charge is 2.33. The lowest BCUT2D eigenvalue weighted by Gasteiger charge is -2.19. The molecule has 1 aromatic rings. The molecule has 1 aromatic carbocycles. The van der Waals surface area contributed by atoms with E-state index in [0.717, 1.165) is 24.1 Å². The molecule has 1 aliphatic rings. The molecule has 18 heavy (non-hydrogen) atoms. The summed E-state index contributed by atoms with van der Waals surface area (Å²) < 4.78 is 0. The highest BCUT2D eigenvalue weighted by atomic mass is 35.5. The number of nitro benzene ring substituents is 1. The third-order valence-corrected chi connectivity index (χ3v) is 3.92. The maximum atomic E-state index is 10.8. The first-order valence-corrected chi connectivity index (χ1v) is 6.60. The van der Waals surface area contributed by atoms with Crippen LogP contribution in [0.5, 0.6) is 0 Å². The average Bonchev–Trinajstić information content (AvgIpc) is 3.03. The number of rotatable bonds is 5. The van der Waals surface area contributed by atoms with E-state index >= 15 is 0 Å². The van der Waals surface area contributed by atoms with E-state index in [-0.39, 0.29) is 16.5 Å². The number of alkyl halides is 1. The molecule has 4 nitrogen and oxygen atoms in total. The predicted octanol–water partition coefficient (Wildman–Crippen LogP) is 3.43. The van der Waals surface area contributed by atoms with Crippen molar-refractivity contribution in [3.8, 4) is 0 Å². The van der Waals surface area contributed by atoms with Crippen molar-refractivity contribution in [2.45, 2.75) is 19.2 Å². The first-order valence-electron chi connectivity index (χ1n) is 6.07. The molecule has 5 heteroatoms. The second-order valence-electron chi connectivity index (χ2n) is 5.06. The van der Waals surface area contributed by atoms with Gasteiger partial charge in [-0.05, 0) is 30.4 Å². The molecule has 1 aliphatic carbocycles. The molecule has 2 atom stereocenters. The number of hydrogen-bond donors (Lipinski definition) is 0. The van der Waals surface area contributed by atoms with E-state index in [1.807, 2.05) is 13.1 Å². The Morgan fingerprint density at radius 2 is 2.22 bits per heavy atom. The third-order valence-electron chi connectivity index (χ3n) is 3.63. The lowest BCUT2D eigenvalue weighted by molar-refractivity contribution is -0.385. The lowest BCUT2D eigenvalue weighted by Crippen LogP contribution is -2.20. The van der Waals surface area contributed by atoms with Crippen molar-refractivity contribution in [3.63, 3.8) is 0 Å². The maximum absolute atomic E-state index is 10.8. The van der Waals surface area contributed by atoms with Crippen LogP contribution in [0.25, 0.3) is 0 Å². The zero-order valence-corrected chi connectivity index (χ0v) is 11.4. The summed E-state index contributed by atoms with van der Waals surface area (Å²) in [7, 11) is 2.02. The Kier molecular flexibility index (Phi) is 3.76. The number of nitro groups is 1. The number of nitrogens with zero attached hydrogens (tertiary/aromatic N) is 2. The van der Waals surface area contributed by atoms with Gasteiger partial charge in [0.05, 0.1) is 10.8 Å². The lowest BCUT2D eigenvalue weighted by atomic mass is 10.1. The molecular formula is C13H17ClN2O2. The van der Waals surface area contributed by atoms with Gasteiger partial charge in [0.15, 0.2) is 0 Å². The van der Waals surface area contributed by atoms with E-state index < -0.39 is 0 Å². The summed E-state index contributed by atoms with van der Waals surface area (Å²) in [4.78, 5) is 12.6. The number of hydrogen-bond acceptors (Lipinski definition) is 3. The van der Waals surface area contributed by atoms with Gasteiger partial charge in [-0.2, -0.15) is 0 Å². The van der Waals surface area contributed by atoms with E-state index in [2.05, 4.69) is 11.8 Å². The van der Waals surface area contributed by atoms with Gasteiger partial charge in [0.1, 0.15) is 0 Å². The highest BCUT2D eigenvalue weighted by Crippen LogP contribution is 2.39. The van der Waals surface area contributed by atoms with Crippen molar-refractivity contribution in [2.75, 3.05) is 18.5 Å². The molecule has 0 bridgehead atoms. The topological polar surface area (TPSA) is 46.4 Å². The van der Waals surface area contributed by atoms with Crippen LogP contribution in [0.2, 0.25) is 0 Å². The minimum atomic E-state index is -0.384. The van der Waals surface area contributed by atoms with Gasteiger partial charge in [0.2, 0.25) is 0 Å². The molecule has 2 rings (SSSR count). The largest absolute Gasteiger partial charge is 0.374 e. The Balaban J connectivity index is 2.15. The Bertz CT molecular complexity index is 464. The Hall–Kier alpha value is -1.29. The van der Waals surface area contributed by atoms with Crippen LogP contribution < -0.4 is 4.90 Å². The normalized spacial score (nSPS) is 21.7. The molecule has 0 N–H and O–H groups in total. The first-order chi connectivity index (χ1) is 8.52. The summed E-state index contributed by atoms with van der Waals surface area (Å²) in [5.74, 6) is 1.72. The molecule has 98 valence electrons. The van der Waals surface area contributed by atoms with Gasteiger partial charge in [-0.15, -0.1) is 11.6 Å². The molecule has 0 spiro atoms. The van der Waals surface area contributed by atoms with Crippen LogP contribution in [-0.2, 0) is 5.88 Å². The molecule has 0 heterocycles. The highest BCUT2D eigenvalue weighted by molar-refractivity contribution is 6.17. The molecule has 0 saturated heterocycles. The smallest absolute Gasteiger partial charge is 0.273 e. The van der Waals surface area contributed by atoms with Crippen LogP contribution in [0.4, 0.5) is 11.4 Å². The number of benzene rings is 1. The number of halogens is 1. The second-order valence-corrected chi connectivity index (χ2v) is 5.32. The predicted molar refractivity (Wildman–Crippen MR) is 73.2 cm³/mol. The van der Waals surface area contributed by atoms with Gasteiger partial charge < -0.3 is 4.90 Å². The van der Waals surface area contributed by atoms with Crippen molar-refractivity contribution in [3.05, 3.63) is 33.9 Å². The molecule has 0 aliphatic heterocycles. The summed E-state index contributed by atoms with van der Waals surface area (Å²) in [6.45, 7) is 3.25. The van der Waals surface area contributed by atoms with Crippen molar-refractivity contribution in [2.24, 2.45) is 11.8 Å². The van der Waals surface area contributed by atoms with Crippen molar-refractivity contribution >= 4 is 23.0 Å². The number of anilines is 1. The fourth-order valence-electron chi connectivity index (χ4n) is 2.21. The summed E-state index contributed by atoms with van der Waals surface area (Å²) in [6.07, 6.45) is 1.28. The minimum absolute atomic E-state index is 0.0990. The van der Waals surface area contributed by atoms with Crippen LogP contribution in [0.3, 0.4) is 0 Å². The Labute approximate surface area is 112 Å². The molecule has 2 unspecified atom stereocenters. The van der Waals surface area contributed by atoms with Gasteiger partial charge in [0.25, 0.3) is 5.69 Å². The van der Waals surface area contributed by atoms with Crippen LogP contribution in [0.1, 0.15) is 18.9 Å². The zero-order valence-electron chi connectivity index (χ0n) is 10.6. The van der Waals surface area contributed by atoms with E-state index in [9.17, 15) is 10.1 Å². The van der Waals surface area contributed by atoms with E-state index in [1.54, 1.807) is 12.1 Å². The quantitative estimate of drug-likeness (QED) is 0.467.